The summed E-state index contributed by atoms with van der Waals surface area (Å²) in [6.07, 6.45) is 2.01. The van der Waals surface area contributed by atoms with Crippen molar-refractivity contribution in [1.82, 2.24) is 9.78 Å². The number of nitrogens with zero attached hydrogens (tertiary/aromatic N) is 2. The molecule has 2 rings (SSSR count). The Bertz CT molecular complexity index is 480. The van der Waals surface area contributed by atoms with Crippen LogP contribution in [-0.4, -0.2) is 9.78 Å². The largest absolute Gasteiger partial charge is 0.266 e. The third kappa shape index (κ3) is 2.85. The molecule has 1 aromatic heterocycles. The van der Waals surface area contributed by atoms with Crippen LogP contribution in [0.3, 0.4) is 0 Å². The summed E-state index contributed by atoms with van der Waals surface area (Å²) >= 11 is 5.69. The van der Waals surface area contributed by atoms with Crippen LogP contribution >= 0.6 is 38.5 Å². The van der Waals surface area contributed by atoms with E-state index in [1.54, 1.807) is 0 Å². The van der Waals surface area contributed by atoms with Gasteiger partial charge in [0, 0.05) is 6.20 Å². The van der Waals surface area contributed by atoms with Gasteiger partial charge in [-0.1, -0.05) is 29.3 Å². The molecule has 0 aliphatic carbocycles. The summed E-state index contributed by atoms with van der Waals surface area (Å²) in [6.45, 7) is 5.07. The van der Waals surface area contributed by atoms with E-state index in [9.17, 15) is 0 Å². The van der Waals surface area contributed by atoms with Crippen molar-refractivity contribution in [2.24, 2.45) is 0 Å². The molecule has 4 heteroatoms. The summed E-state index contributed by atoms with van der Waals surface area (Å²) in [4.78, 5) is 0. The van der Waals surface area contributed by atoms with Crippen molar-refractivity contribution in [3.8, 4) is 0 Å². The molecule has 84 valence electrons. The molecule has 0 N–H and O–H groups in total. The molecule has 0 radical (unpaired) electrons. The zero-order valence-corrected chi connectivity index (χ0v) is 12.9. The van der Waals surface area contributed by atoms with Crippen LogP contribution in [-0.2, 0) is 6.54 Å². The molecule has 0 unspecified atom stereocenters. The summed E-state index contributed by atoms with van der Waals surface area (Å²) in [5.41, 5.74) is 3.90. The van der Waals surface area contributed by atoms with E-state index in [1.165, 1.54) is 16.7 Å². The van der Waals surface area contributed by atoms with Crippen molar-refractivity contribution in [3.05, 3.63) is 49.3 Å². The Balaban J connectivity index is 2.26. The molecule has 0 aliphatic rings. The quantitative estimate of drug-likeness (QED) is 0.710. The van der Waals surface area contributed by atoms with Gasteiger partial charge in [0.2, 0.25) is 0 Å². The highest BCUT2D eigenvalue weighted by atomic mass is 127. The number of benzene rings is 1. The molecule has 0 atom stereocenters. The van der Waals surface area contributed by atoms with E-state index in [2.05, 4.69) is 75.7 Å². The molecule has 1 heterocycles. The Kier molecular flexibility index (Phi) is 3.69. The van der Waals surface area contributed by atoms with Gasteiger partial charge < -0.3 is 0 Å². The first-order chi connectivity index (χ1) is 7.54. The molecule has 2 nitrogen and oxygen atoms in total. The van der Waals surface area contributed by atoms with Crippen molar-refractivity contribution in [1.29, 1.82) is 0 Å². The first-order valence-corrected chi connectivity index (χ1v) is 6.87. The first-order valence-electron chi connectivity index (χ1n) is 5.00. The fourth-order valence-electron chi connectivity index (χ4n) is 1.80. The molecule has 0 aliphatic heterocycles. The Morgan fingerprint density at radius 1 is 1.25 bits per heavy atom. The van der Waals surface area contributed by atoms with Gasteiger partial charge in [-0.3, -0.25) is 4.68 Å². The number of aromatic nitrogens is 2. The van der Waals surface area contributed by atoms with E-state index in [4.69, 9.17) is 0 Å². The van der Waals surface area contributed by atoms with E-state index in [1.807, 2.05) is 10.9 Å². The Labute approximate surface area is 117 Å². The minimum absolute atomic E-state index is 0.824. The first kappa shape index (κ1) is 12.1. The monoisotopic (exact) mass is 390 g/mol. The molecular weight excluding hydrogens is 379 g/mol. The molecule has 0 saturated heterocycles. The van der Waals surface area contributed by atoms with Gasteiger partial charge in [0.05, 0.1) is 11.0 Å². The van der Waals surface area contributed by atoms with E-state index in [0.29, 0.717) is 0 Å². The average Bonchev–Trinajstić information content (AvgIpc) is 2.43. The number of hydrogen-bond donors (Lipinski definition) is 0. The van der Waals surface area contributed by atoms with Gasteiger partial charge in [0.25, 0.3) is 0 Å². The number of halogens is 2. The summed E-state index contributed by atoms with van der Waals surface area (Å²) in [5, 5.41) is 4.42. The van der Waals surface area contributed by atoms with Crippen LogP contribution in [0.15, 0.2) is 28.9 Å². The van der Waals surface area contributed by atoms with Crippen LogP contribution in [0.2, 0.25) is 0 Å². The number of hydrogen-bond acceptors (Lipinski definition) is 1. The zero-order chi connectivity index (χ0) is 11.7. The average molecular weight is 391 g/mol. The van der Waals surface area contributed by atoms with E-state index < -0.39 is 0 Å². The topological polar surface area (TPSA) is 17.8 Å². The van der Waals surface area contributed by atoms with Crippen molar-refractivity contribution in [3.63, 3.8) is 0 Å². The van der Waals surface area contributed by atoms with Gasteiger partial charge in [0.15, 0.2) is 0 Å². The van der Waals surface area contributed by atoms with Gasteiger partial charge in [-0.05, 0) is 57.9 Å². The van der Waals surface area contributed by atoms with Crippen molar-refractivity contribution in [2.75, 3.05) is 0 Å². The maximum Gasteiger partial charge on any atom is 0.137 e. The fraction of sp³-hybridized carbons (Fsp3) is 0.250. The van der Waals surface area contributed by atoms with Crippen molar-refractivity contribution in [2.45, 2.75) is 20.4 Å². The van der Waals surface area contributed by atoms with Gasteiger partial charge in [-0.2, -0.15) is 5.10 Å². The second-order valence-electron chi connectivity index (χ2n) is 3.96. The minimum Gasteiger partial charge on any atom is -0.266 e. The molecule has 0 bridgehead atoms. The predicted molar refractivity (Wildman–Crippen MR) is 77.7 cm³/mol. The fourth-order valence-corrected chi connectivity index (χ4v) is 2.53. The number of rotatable bonds is 2. The smallest absolute Gasteiger partial charge is 0.137 e. The van der Waals surface area contributed by atoms with Crippen molar-refractivity contribution < 1.29 is 0 Å². The SMILES string of the molecule is Cc1cc(C)cc(Cn2cc(Br)c(I)n2)c1. The highest BCUT2D eigenvalue weighted by molar-refractivity contribution is 14.1. The third-order valence-corrected chi connectivity index (χ3v) is 4.42. The van der Waals surface area contributed by atoms with Crippen LogP contribution in [0.1, 0.15) is 16.7 Å². The Morgan fingerprint density at radius 2 is 1.88 bits per heavy atom. The third-order valence-electron chi connectivity index (χ3n) is 2.30. The lowest BCUT2D eigenvalue weighted by Gasteiger charge is -2.05. The second-order valence-corrected chi connectivity index (χ2v) is 5.84. The lowest BCUT2D eigenvalue weighted by molar-refractivity contribution is 0.680. The van der Waals surface area contributed by atoms with Gasteiger partial charge in [-0.15, -0.1) is 0 Å². The lowest BCUT2D eigenvalue weighted by Crippen LogP contribution is -2.01. The van der Waals surface area contributed by atoms with E-state index in [0.717, 1.165) is 14.7 Å². The lowest BCUT2D eigenvalue weighted by atomic mass is 10.1. The minimum atomic E-state index is 0.824. The maximum atomic E-state index is 4.42. The molecule has 0 fully saturated rings. The molecule has 1 aromatic carbocycles. The highest BCUT2D eigenvalue weighted by Crippen LogP contribution is 2.18. The van der Waals surface area contributed by atoms with Crippen LogP contribution in [0, 0.1) is 17.5 Å². The van der Waals surface area contributed by atoms with E-state index >= 15 is 0 Å². The summed E-state index contributed by atoms with van der Waals surface area (Å²) in [6, 6.07) is 6.59. The maximum absolute atomic E-state index is 4.42. The highest BCUT2D eigenvalue weighted by Gasteiger charge is 2.04. The zero-order valence-electron chi connectivity index (χ0n) is 9.17. The Morgan fingerprint density at radius 3 is 2.38 bits per heavy atom. The van der Waals surface area contributed by atoms with Crippen LogP contribution in [0.4, 0.5) is 0 Å². The van der Waals surface area contributed by atoms with Crippen LogP contribution in [0.25, 0.3) is 0 Å². The molecular formula is C12H12BrIN2. The standard InChI is InChI=1S/C12H12BrIN2/c1-8-3-9(2)5-10(4-8)6-16-7-11(13)12(14)15-16/h3-5,7H,6H2,1-2H3. The van der Waals surface area contributed by atoms with Gasteiger partial charge >= 0.3 is 0 Å². The van der Waals surface area contributed by atoms with Crippen LogP contribution in [0.5, 0.6) is 0 Å². The molecule has 16 heavy (non-hydrogen) atoms. The normalized spacial score (nSPS) is 10.8. The molecule has 2 aromatic rings. The van der Waals surface area contributed by atoms with E-state index in [-0.39, 0.29) is 0 Å². The molecule has 0 saturated carbocycles. The number of aryl methyl sites for hydroxylation is 2. The summed E-state index contributed by atoms with van der Waals surface area (Å²) in [7, 11) is 0. The van der Waals surface area contributed by atoms with Crippen LogP contribution < -0.4 is 0 Å². The Hall–Kier alpha value is -0.360. The van der Waals surface area contributed by atoms with Gasteiger partial charge in [0.1, 0.15) is 3.70 Å². The summed E-state index contributed by atoms with van der Waals surface area (Å²) in [5.74, 6) is 0. The second kappa shape index (κ2) is 4.87. The summed E-state index contributed by atoms with van der Waals surface area (Å²) < 4.78 is 4.01. The predicted octanol–water partition coefficient (Wildman–Crippen LogP) is 3.92. The molecule has 0 spiro atoms. The van der Waals surface area contributed by atoms with Crippen molar-refractivity contribution >= 4 is 38.5 Å². The molecule has 0 amide bonds. The van der Waals surface area contributed by atoms with Gasteiger partial charge in [-0.25, -0.2) is 0 Å².